The molecule has 0 saturated carbocycles. The number of hydrogen-bond acceptors (Lipinski definition) is 6. The van der Waals surface area contributed by atoms with Gasteiger partial charge in [-0.1, -0.05) is 23.0 Å². The SMILES string of the molecule is CCCc1nnsc1C(NC)c1cnnn1C. The summed E-state index contributed by atoms with van der Waals surface area (Å²) in [5.74, 6) is 0. The minimum Gasteiger partial charge on any atom is -0.307 e. The summed E-state index contributed by atoms with van der Waals surface area (Å²) in [4.78, 5) is 1.15. The Bertz CT molecular complexity index is 477. The van der Waals surface area contributed by atoms with Gasteiger partial charge in [-0.2, -0.15) is 0 Å². The zero-order valence-corrected chi connectivity index (χ0v) is 11.0. The molecule has 0 amide bonds. The van der Waals surface area contributed by atoms with Gasteiger partial charge in [0.2, 0.25) is 0 Å². The molecule has 0 aromatic carbocycles. The van der Waals surface area contributed by atoms with Crippen molar-refractivity contribution >= 4 is 11.5 Å². The van der Waals surface area contributed by atoms with Gasteiger partial charge in [0.1, 0.15) is 0 Å². The van der Waals surface area contributed by atoms with Gasteiger partial charge in [0.05, 0.1) is 28.5 Å². The van der Waals surface area contributed by atoms with Crippen molar-refractivity contribution in [3.05, 3.63) is 22.5 Å². The van der Waals surface area contributed by atoms with Gasteiger partial charge in [-0.3, -0.25) is 4.68 Å². The highest BCUT2D eigenvalue weighted by molar-refractivity contribution is 7.05. The summed E-state index contributed by atoms with van der Waals surface area (Å²) in [6, 6.07) is 0.0662. The van der Waals surface area contributed by atoms with Crippen molar-refractivity contribution in [2.24, 2.45) is 7.05 Å². The third kappa shape index (κ3) is 2.34. The third-order valence-electron chi connectivity index (χ3n) is 2.67. The number of aryl methyl sites for hydroxylation is 2. The van der Waals surface area contributed by atoms with Crippen LogP contribution >= 0.6 is 11.5 Å². The van der Waals surface area contributed by atoms with Crippen LogP contribution in [-0.2, 0) is 13.5 Å². The largest absolute Gasteiger partial charge is 0.307 e. The molecule has 2 heterocycles. The fourth-order valence-electron chi connectivity index (χ4n) is 1.82. The van der Waals surface area contributed by atoms with Crippen LogP contribution in [0.5, 0.6) is 0 Å². The van der Waals surface area contributed by atoms with E-state index in [2.05, 4.69) is 32.1 Å². The molecule has 1 unspecified atom stereocenters. The van der Waals surface area contributed by atoms with Crippen LogP contribution in [0.25, 0.3) is 0 Å². The average Bonchev–Trinajstić information content (AvgIpc) is 2.92. The first-order valence-corrected chi connectivity index (χ1v) is 6.38. The second-order valence-electron chi connectivity index (χ2n) is 3.84. The summed E-state index contributed by atoms with van der Waals surface area (Å²) >= 11 is 1.44. The Kier molecular flexibility index (Phi) is 3.80. The predicted molar refractivity (Wildman–Crippen MR) is 65.8 cm³/mol. The predicted octanol–water partition coefficient (Wildman–Crippen LogP) is 0.928. The van der Waals surface area contributed by atoms with E-state index in [1.807, 2.05) is 14.1 Å². The third-order valence-corrected chi connectivity index (χ3v) is 3.50. The molecule has 1 atom stereocenters. The molecule has 6 nitrogen and oxygen atoms in total. The standard InChI is InChI=1S/C10H16N6S/c1-4-5-7-10(17-15-13-7)9(11-2)8-6-12-14-16(8)3/h6,9,11H,4-5H2,1-3H3. The summed E-state index contributed by atoms with van der Waals surface area (Å²) in [6.45, 7) is 2.14. The van der Waals surface area contributed by atoms with Crippen LogP contribution < -0.4 is 5.32 Å². The van der Waals surface area contributed by atoms with Crippen LogP contribution in [-0.4, -0.2) is 31.6 Å². The lowest BCUT2D eigenvalue weighted by Crippen LogP contribution is -2.20. The zero-order valence-electron chi connectivity index (χ0n) is 10.2. The summed E-state index contributed by atoms with van der Waals surface area (Å²) in [5, 5.41) is 15.3. The molecule has 0 aliphatic heterocycles. The summed E-state index contributed by atoms with van der Waals surface area (Å²) in [5.41, 5.74) is 2.09. The maximum absolute atomic E-state index is 4.19. The minimum absolute atomic E-state index is 0.0662. The molecule has 1 N–H and O–H groups in total. The van der Waals surface area contributed by atoms with Gasteiger partial charge >= 0.3 is 0 Å². The molecule has 2 rings (SSSR count). The van der Waals surface area contributed by atoms with Crippen molar-refractivity contribution < 1.29 is 0 Å². The Morgan fingerprint density at radius 1 is 1.53 bits per heavy atom. The van der Waals surface area contributed by atoms with Crippen molar-refractivity contribution in [1.29, 1.82) is 0 Å². The normalized spacial score (nSPS) is 12.9. The van der Waals surface area contributed by atoms with E-state index in [0.717, 1.165) is 29.1 Å². The van der Waals surface area contributed by atoms with E-state index in [-0.39, 0.29) is 6.04 Å². The van der Waals surface area contributed by atoms with Crippen LogP contribution in [0.3, 0.4) is 0 Å². The Hall–Kier alpha value is -1.34. The number of rotatable bonds is 5. The van der Waals surface area contributed by atoms with E-state index in [1.54, 1.807) is 10.9 Å². The Labute approximate surface area is 104 Å². The van der Waals surface area contributed by atoms with Crippen molar-refractivity contribution in [3.8, 4) is 0 Å². The van der Waals surface area contributed by atoms with Gasteiger partial charge in [0.15, 0.2) is 0 Å². The van der Waals surface area contributed by atoms with Crippen molar-refractivity contribution in [1.82, 2.24) is 29.9 Å². The molecule has 0 aliphatic rings. The Balaban J connectivity index is 2.35. The molecule has 0 spiro atoms. The second kappa shape index (κ2) is 5.33. The fraction of sp³-hybridized carbons (Fsp3) is 0.600. The Morgan fingerprint density at radius 2 is 2.35 bits per heavy atom. The lowest BCUT2D eigenvalue weighted by atomic mass is 10.1. The van der Waals surface area contributed by atoms with Crippen LogP contribution in [0.1, 0.15) is 35.7 Å². The first-order valence-electron chi connectivity index (χ1n) is 5.60. The quantitative estimate of drug-likeness (QED) is 0.857. The van der Waals surface area contributed by atoms with Crippen LogP contribution in [0, 0.1) is 0 Å². The second-order valence-corrected chi connectivity index (χ2v) is 4.62. The molecular formula is C10H16N6S. The van der Waals surface area contributed by atoms with Gasteiger partial charge < -0.3 is 5.32 Å². The molecule has 7 heteroatoms. The first kappa shape index (κ1) is 12.1. The fourth-order valence-corrected chi connectivity index (χ4v) is 2.64. The highest BCUT2D eigenvalue weighted by atomic mass is 32.1. The van der Waals surface area contributed by atoms with Gasteiger partial charge in [0.25, 0.3) is 0 Å². The van der Waals surface area contributed by atoms with E-state index in [1.165, 1.54) is 11.5 Å². The van der Waals surface area contributed by atoms with Crippen molar-refractivity contribution in [3.63, 3.8) is 0 Å². The Morgan fingerprint density at radius 3 is 2.94 bits per heavy atom. The lowest BCUT2D eigenvalue weighted by Gasteiger charge is -2.14. The van der Waals surface area contributed by atoms with Crippen molar-refractivity contribution in [2.75, 3.05) is 7.05 Å². The summed E-state index contributed by atoms with van der Waals surface area (Å²) in [7, 11) is 3.81. The van der Waals surface area contributed by atoms with E-state index in [9.17, 15) is 0 Å². The number of nitrogens with zero attached hydrogens (tertiary/aromatic N) is 5. The zero-order chi connectivity index (χ0) is 12.3. The van der Waals surface area contributed by atoms with Crippen molar-refractivity contribution in [2.45, 2.75) is 25.8 Å². The molecular weight excluding hydrogens is 236 g/mol. The molecule has 0 fully saturated rings. The molecule has 0 radical (unpaired) electrons. The maximum atomic E-state index is 4.19. The summed E-state index contributed by atoms with van der Waals surface area (Å²) < 4.78 is 5.83. The smallest absolute Gasteiger partial charge is 0.0891 e. The van der Waals surface area contributed by atoms with E-state index in [4.69, 9.17) is 0 Å². The van der Waals surface area contributed by atoms with Crippen LogP contribution in [0.2, 0.25) is 0 Å². The van der Waals surface area contributed by atoms with E-state index >= 15 is 0 Å². The average molecular weight is 252 g/mol. The number of hydrogen-bond donors (Lipinski definition) is 1. The topological polar surface area (TPSA) is 68.5 Å². The van der Waals surface area contributed by atoms with Crippen LogP contribution in [0.4, 0.5) is 0 Å². The van der Waals surface area contributed by atoms with Crippen LogP contribution in [0.15, 0.2) is 6.20 Å². The molecule has 2 aromatic rings. The highest BCUT2D eigenvalue weighted by Crippen LogP contribution is 2.26. The molecule has 2 aromatic heterocycles. The summed E-state index contributed by atoms with van der Waals surface area (Å²) in [6.07, 6.45) is 3.80. The highest BCUT2D eigenvalue weighted by Gasteiger charge is 2.22. The molecule has 92 valence electrons. The van der Waals surface area contributed by atoms with E-state index < -0.39 is 0 Å². The first-order chi connectivity index (χ1) is 8.27. The van der Waals surface area contributed by atoms with Gasteiger partial charge in [-0.15, -0.1) is 10.2 Å². The number of nitrogens with one attached hydrogen (secondary N) is 1. The molecule has 17 heavy (non-hydrogen) atoms. The lowest BCUT2D eigenvalue weighted by molar-refractivity contribution is 0.598. The van der Waals surface area contributed by atoms with Gasteiger partial charge in [0, 0.05) is 7.05 Å². The molecule has 0 aliphatic carbocycles. The van der Waals surface area contributed by atoms with Gasteiger partial charge in [-0.05, 0) is 25.0 Å². The van der Waals surface area contributed by atoms with E-state index in [0.29, 0.717) is 0 Å². The number of aromatic nitrogens is 5. The van der Waals surface area contributed by atoms with Gasteiger partial charge in [-0.25, -0.2) is 0 Å². The monoisotopic (exact) mass is 252 g/mol. The molecule has 0 saturated heterocycles. The maximum Gasteiger partial charge on any atom is 0.0891 e. The molecule has 0 bridgehead atoms. The minimum atomic E-state index is 0.0662.